The minimum Gasteiger partial charge on any atom is -0.320 e. The number of carbonyl (C=O) groups is 1. The van der Waals surface area contributed by atoms with E-state index in [4.69, 9.17) is 0 Å². The molecule has 0 atom stereocenters. The SMILES string of the molecule is Cc1c(C(=O)Nc2ccc(C(C)C)cc2C(C)C)nnn1C1CCNCC1.Cl. The largest absolute Gasteiger partial charge is 0.320 e. The molecule has 154 valence electrons. The molecule has 1 amide bonds. The third kappa shape index (κ3) is 4.73. The van der Waals surface area contributed by atoms with Crippen LogP contribution in [0, 0.1) is 6.92 Å². The van der Waals surface area contributed by atoms with Gasteiger partial charge in [0.15, 0.2) is 5.69 Å². The zero-order valence-electron chi connectivity index (χ0n) is 17.5. The van der Waals surface area contributed by atoms with Gasteiger partial charge in [0.2, 0.25) is 0 Å². The van der Waals surface area contributed by atoms with E-state index in [-0.39, 0.29) is 18.3 Å². The second kappa shape index (κ2) is 9.52. The number of hydrogen-bond acceptors (Lipinski definition) is 4. The van der Waals surface area contributed by atoms with E-state index in [1.807, 2.05) is 17.7 Å². The molecule has 1 aliphatic heterocycles. The van der Waals surface area contributed by atoms with Crippen LogP contribution in [0.3, 0.4) is 0 Å². The lowest BCUT2D eigenvalue weighted by atomic mass is 9.94. The molecule has 28 heavy (non-hydrogen) atoms. The van der Waals surface area contributed by atoms with Gasteiger partial charge in [-0.05, 0) is 61.9 Å². The highest BCUT2D eigenvalue weighted by Gasteiger charge is 2.23. The lowest BCUT2D eigenvalue weighted by molar-refractivity contribution is 0.102. The highest BCUT2D eigenvalue weighted by molar-refractivity contribution is 6.04. The first-order valence-electron chi connectivity index (χ1n) is 9.96. The Labute approximate surface area is 173 Å². The molecule has 1 fully saturated rings. The maximum atomic E-state index is 12.9. The summed E-state index contributed by atoms with van der Waals surface area (Å²) in [6.07, 6.45) is 2.03. The van der Waals surface area contributed by atoms with Crippen molar-refractivity contribution in [3.05, 3.63) is 40.7 Å². The van der Waals surface area contributed by atoms with Gasteiger partial charge in [0.1, 0.15) is 0 Å². The number of rotatable bonds is 5. The van der Waals surface area contributed by atoms with Crippen LogP contribution in [-0.2, 0) is 0 Å². The number of nitrogens with one attached hydrogen (secondary N) is 2. The molecule has 0 saturated carbocycles. The molecular weight excluding hydrogens is 374 g/mol. The third-order valence-electron chi connectivity index (χ3n) is 5.41. The van der Waals surface area contributed by atoms with Gasteiger partial charge in [-0.1, -0.05) is 45.0 Å². The first-order valence-corrected chi connectivity index (χ1v) is 9.96. The molecule has 2 aromatic rings. The molecule has 1 aromatic carbocycles. The highest BCUT2D eigenvalue weighted by atomic mass is 35.5. The van der Waals surface area contributed by atoms with Crippen LogP contribution in [0.5, 0.6) is 0 Å². The quantitative estimate of drug-likeness (QED) is 0.771. The van der Waals surface area contributed by atoms with E-state index >= 15 is 0 Å². The number of piperidine rings is 1. The van der Waals surface area contributed by atoms with Gasteiger partial charge in [0.25, 0.3) is 5.91 Å². The second-order valence-corrected chi connectivity index (χ2v) is 8.06. The molecule has 0 spiro atoms. The Kier molecular flexibility index (Phi) is 7.61. The number of benzene rings is 1. The van der Waals surface area contributed by atoms with E-state index < -0.39 is 0 Å². The van der Waals surface area contributed by atoms with E-state index in [9.17, 15) is 4.79 Å². The lowest BCUT2D eigenvalue weighted by Crippen LogP contribution is -2.30. The molecule has 0 bridgehead atoms. The van der Waals surface area contributed by atoms with Crippen molar-refractivity contribution in [2.75, 3.05) is 18.4 Å². The number of aromatic nitrogens is 3. The number of amides is 1. The Bertz CT molecular complexity index is 809. The first kappa shape index (κ1) is 22.4. The van der Waals surface area contributed by atoms with Gasteiger partial charge < -0.3 is 10.6 Å². The normalized spacial score (nSPS) is 15.0. The zero-order chi connectivity index (χ0) is 19.6. The van der Waals surface area contributed by atoms with E-state index in [1.165, 1.54) is 5.56 Å². The zero-order valence-corrected chi connectivity index (χ0v) is 18.3. The summed E-state index contributed by atoms with van der Waals surface area (Å²) in [6, 6.07) is 6.61. The lowest BCUT2D eigenvalue weighted by Gasteiger charge is -2.23. The van der Waals surface area contributed by atoms with Crippen LogP contribution in [0.15, 0.2) is 18.2 Å². The molecule has 2 N–H and O–H groups in total. The van der Waals surface area contributed by atoms with E-state index in [1.54, 1.807) is 0 Å². The number of hydrogen-bond donors (Lipinski definition) is 2. The van der Waals surface area contributed by atoms with Crippen molar-refractivity contribution in [2.45, 2.75) is 65.3 Å². The fraction of sp³-hybridized carbons (Fsp3) is 0.571. The van der Waals surface area contributed by atoms with Gasteiger partial charge in [-0.3, -0.25) is 4.79 Å². The third-order valence-corrected chi connectivity index (χ3v) is 5.41. The van der Waals surface area contributed by atoms with Crippen molar-refractivity contribution in [3.63, 3.8) is 0 Å². The van der Waals surface area contributed by atoms with Gasteiger partial charge in [0.05, 0.1) is 11.7 Å². The van der Waals surface area contributed by atoms with Crippen LogP contribution < -0.4 is 10.6 Å². The molecule has 0 radical (unpaired) electrons. The van der Waals surface area contributed by atoms with Gasteiger partial charge >= 0.3 is 0 Å². The Morgan fingerprint density at radius 3 is 2.46 bits per heavy atom. The fourth-order valence-corrected chi connectivity index (χ4v) is 3.66. The van der Waals surface area contributed by atoms with Crippen molar-refractivity contribution < 1.29 is 4.79 Å². The average molecular weight is 406 g/mol. The summed E-state index contributed by atoms with van der Waals surface area (Å²) in [4.78, 5) is 12.9. The first-order chi connectivity index (χ1) is 12.9. The molecular formula is C21H32ClN5O. The Balaban J connectivity index is 0.00000280. The highest BCUT2D eigenvalue weighted by Crippen LogP contribution is 2.29. The smallest absolute Gasteiger partial charge is 0.278 e. The van der Waals surface area contributed by atoms with Crippen LogP contribution in [0.4, 0.5) is 5.69 Å². The van der Waals surface area contributed by atoms with Crippen molar-refractivity contribution in [1.29, 1.82) is 0 Å². The molecule has 0 aliphatic carbocycles. The Hall–Kier alpha value is -1.92. The van der Waals surface area contributed by atoms with Crippen molar-refractivity contribution in [3.8, 4) is 0 Å². The summed E-state index contributed by atoms with van der Waals surface area (Å²) >= 11 is 0. The maximum Gasteiger partial charge on any atom is 0.278 e. The summed E-state index contributed by atoms with van der Waals surface area (Å²) in [5.41, 5.74) is 4.54. The van der Waals surface area contributed by atoms with Gasteiger partial charge in [-0.2, -0.15) is 0 Å². The minimum atomic E-state index is -0.188. The molecule has 1 saturated heterocycles. The standard InChI is InChI=1S/C21H31N5O.ClH/c1-13(2)16-6-7-19(18(12-16)14(3)4)23-21(27)20-15(5)26(25-24-20)17-8-10-22-11-9-17;/h6-7,12-14,17,22H,8-11H2,1-5H3,(H,23,27);1H. The predicted octanol–water partition coefficient (Wildman–Crippen LogP) is 4.43. The number of halogens is 1. The topological polar surface area (TPSA) is 71.8 Å². The van der Waals surface area contributed by atoms with Gasteiger partial charge in [-0.15, -0.1) is 17.5 Å². The van der Waals surface area contributed by atoms with E-state index in [0.29, 0.717) is 23.6 Å². The maximum absolute atomic E-state index is 12.9. The average Bonchev–Trinajstić information content (AvgIpc) is 3.04. The van der Waals surface area contributed by atoms with Gasteiger partial charge in [0, 0.05) is 5.69 Å². The molecule has 7 heteroatoms. The molecule has 2 heterocycles. The number of anilines is 1. The van der Waals surface area contributed by atoms with Crippen molar-refractivity contribution >= 4 is 24.0 Å². The van der Waals surface area contributed by atoms with Crippen LogP contribution in [0.25, 0.3) is 0 Å². The second-order valence-electron chi connectivity index (χ2n) is 8.06. The van der Waals surface area contributed by atoms with Crippen LogP contribution in [0.1, 0.15) is 85.7 Å². The van der Waals surface area contributed by atoms with E-state index in [0.717, 1.165) is 42.9 Å². The Morgan fingerprint density at radius 2 is 1.86 bits per heavy atom. The summed E-state index contributed by atoms with van der Waals surface area (Å²) in [7, 11) is 0. The van der Waals surface area contributed by atoms with Crippen LogP contribution >= 0.6 is 12.4 Å². The number of carbonyl (C=O) groups excluding carboxylic acids is 1. The van der Waals surface area contributed by atoms with Crippen molar-refractivity contribution in [2.24, 2.45) is 0 Å². The molecule has 0 unspecified atom stereocenters. The Morgan fingerprint density at radius 1 is 1.18 bits per heavy atom. The predicted molar refractivity (Wildman–Crippen MR) is 116 cm³/mol. The molecule has 6 nitrogen and oxygen atoms in total. The van der Waals surface area contributed by atoms with Gasteiger partial charge in [-0.25, -0.2) is 4.68 Å². The summed E-state index contributed by atoms with van der Waals surface area (Å²) in [6.45, 7) is 12.5. The monoisotopic (exact) mass is 405 g/mol. The minimum absolute atomic E-state index is 0. The van der Waals surface area contributed by atoms with Crippen molar-refractivity contribution in [1.82, 2.24) is 20.3 Å². The van der Waals surface area contributed by atoms with E-state index in [2.05, 4.69) is 60.8 Å². The molecule has 3 rings (SSSR count). The summed E-state index contributed by atoms with van der Waals surface area (Å²) < 4.78 is 1.92. The van der Waals surface area contributed by atoms with Crippen LogP contribution in [0.2, 0.25) is 0 Å². The molecule has 1 aromatic heterocycles. The summed E-state index contributed by atoms with van der Waals surface area (Å²) in [5.74, 6) is 0.594. The number of nitrogens with zero attached hydrogens (tertiary/aromatic N) is 3. The van der Waals surface area contributed by atoms with Crippen LogP contribution in [-0.4, -0.2) is 34.0 Å². The molecule has 1 aliphatic rings. The fourth-order valence-electron chi connectivity index (χ4n) is 3.66. The summed E-state index contributed by atoms with van der Waals surface area (Å²) in [5, 5.41) is 14.9.